The van der Waals surface area contributed by atoms with Crippen LogP contribution in [0.4, 0.5) is 18.9 Å². The molecule has 1 aliphatic heterocycles. The van der Waals surface area contributed by atoms with Crippen molar-refractivity contribution in [3.63, 3.8) is 0 Å². The Hall–Kier alpha value is -1.85. The Bertz CT molecular complexity index is 708. The summed E-state index contributed by atoms with van der Waals surface area (Å²) >= 11 is 0. The van der Waals surface area contributed by atoms with Gasteiger partial charge in [0, 0.05) is 0 Å². The molecule has 1 aromatic rings. The van der Waals surface area contributed by atoms with Gasteiger partial charge in [-0.1, -0.05) is 0 Å². The lowest BCUT2D eigenvalue weighted by Gasteiger charge is -2.42. The van der Waals surface area contributed by atoms with Gasteiger partial charge in [0.25, 0.3) is 0 Å². The predicted octanol–water partition coefficient (Wildman–Crippen LogP) is 3.49. The van der Waals surface area contributed by atoms with Crippen LogP contribution in [0.15, 0.2) is 24.3 Å². The molecule has 6 heteroatoms. The van der Waals surface area contributed by atoms with Crippen LogP contribution < -0.4 is 4.90 Å². The zero-order valence-electron chi connectivity index (χ0n) is 12.8. The van der Waals surface area contributed by atoms with Crippen molar-refractivity contribution in [3.8, 4) is 0 Å². The van der Waals surface area contributed by atoms with E-state index in [1.807, 2.05) is 0 Å². The SMILES string of the molecule is O=C1[C@@H]2[C@@H]3CC[C@@H]([C@H]4C[C@H]43)[C@@H]2C(=O)N1c1ccc(C(F)(F)F)cc1. The van der Waals surface area contributed by atoms with Gasteiger partial charge in [-0.05, 0) is 67.2 Å². The van der Waals surface area contributed by atoms with Gasteiger partial charge in [-0.15, -0.1) is 0 Å². The van der Waals surface area contributed by atoms with Crippen molar-refractivity contribution in [3.05, 3.63) is 29.8 Å². The van der Waals surface area contributed by atoms with Gasteiger partial charge in [0.1, 0.15) is 0 Å². The lowest BCUT2D eigenvalue weighted by Crippen LogP contribution is -2.43. The van der Waals surface area contributed by atoms with Gasteiger partial charge in [0.05, 0.1) is 23.1 Å². The second-order valence-corrected chi connectivity index (χ2v) is 7.58. The van der Waals surface area contributed by atoms with E-state index in [9.17, 15) is 22.8 Å². The molecule has 0 spiro atoms. The number of carbonyl (C=O) groups excluding carboxylic acids is 2. The Balaban J connectivity index is 1.50. The second kappa shape index (κ2) is 4.41. The normalized spacial score (nSPS) is 39.9. The van der Waals surface area contributed by atoms with Crippen molar-refractivity contribution in [1.29, 1.82) is 0 Å². The van der Waals surface area contributed by atoms with E-state index in [2.05, 4.69) is 0 Å². The average Bonchev–Trinajstić information content (AvgIpc) is 3.31. The van der Waals surface area contributed by atoms with Crippen LogP contribution in [0.3, 0.4) is 0 Å². The number of halogens is 3. The largest absolute Gasteiger partial charge is 0.416 e. The maximum absolute atomic E-state index is 12.9. The first kappa shape index (κ1) is 14.5. The maximum Gasteiger partial charge on any atom is 0.416 e. The molecule has 24 heavy (non-hydrogen) atoms. The Morgan fingerprint density at radius 1 is 0.833 bits per heavy atom. The van der Waals surface area contributed by atoms with Crippen molar-refractivity contribution < 1.29 is 22.8 Å². The molecule has 5 fully saturated rings. The molecule has 1 aromatic carbocycles. The van der Waals surface area contributed by atoms with E-state index in [4.69, 9.17) is 0 Å². The molecule has 0 radical (unpaired) electrons. The van der Waals surface area contributed by atoms with E-state index in [1.54, 1.807) is 0 Å². The number of rotatable bonds is 1. The number of amides is 2. The van der Waals surface area contributed by atoms with Crippen molar-refractivity contribution in [2.24, 2.45) is 35.5 Å². The summed E-state index contributed by atoms with van der Waals surface area (Å²) in [4.78, 5) is 26.9. The highest BCUT2D eigenvalue weighted by Crippen LogP contribution is 2.68. The molecule has 6 rings (SSSR count). The highest BCUT2D eigenvalue weighted by molar-refractivity contribution is 6.22. The summed E-state index contributed by atoms with van der Waals surface area (Å²) in [6.45, 7) is 0. The Kier molecular flexibility index (Phi) is 2.66. The minimum atomic E-state index is -4.42. The third kappa shape index (κ3) is 1.74. The number of anilines is 1. The fourth-order valence-electron chi connectivity index (χ4n) is 5.59. The number of alkyl halides is 3. The number of imide groups is 1. The zero-order valence-corrected chi connectivity index (χ0v) is 12.8. The van der Waals surface area contributed by atoms with E-state index in [1.165, 1.54) is 12.1 Å². The van der Waals surface area contributed by atoms with Crippen molar-refractivity contribution in [2.45, 2.75) is 25.4 Å². The van der Waals surface area contributed by atoms with Gasteiger partial charge in [0.2, 0.25) is 11.8 Å². The molecule has 2 bridgehead atoms. The molecule has 6 atom stereocenters. The van der Waals surface area contributed by atoms with Crippen LogP contribution in [0.1, 0.15) is 24.8 Å². The second-order valence-electron chi connectivity index (χ2n) is 7.58. The van der Waals surface area contributed by atoms with Gasteiger partial charge in [0.15, 0.2) is 0 Å². The Morgan fingerprint density at radius 3 is 1.79 bits per heavy atom. The summed E-state index contributed by atoms with van der Waals surface area (Å²) in [7, 11) is 0. The first-order valence-corrected chi connectivity index (χ1v) is 8.43. The van der Waals surface area contributed by atoms with Crippen molar-refractivity contribution in [1.82, 2.24) is 0 Å². The highest BCUT2D eigenvalue weighted by Gasteiger charge is 2.68. The van der Waals surface area contributed by atoms with Crippen LogP contribution in [-0.2, 0) is 15.8 Å². The summed E-state index contributed by atoms with van der Waals surface area (Å²) < 4.78 is 38.1. The minimum absolute atomic E-state index is 0.204. The molecule has 5 aliphatic rings. The molecule has 126 valence electrons. The smallest absolute Gasteiger partial charge is 0.274 e. The fourth-order valence-corrected chi connectivity index (χ4v) is 5.59. The summed E-state index contributed by atoms with van der Waals surface area (Å²) in [6.07, 6.45) is -1.27. The predicted molar refractivity (Wildman–Crippen MR) is 78.7 cm³/mol. The van der Waals surface area contributed by atoms with Crippen molar-refractivity contribution >= 4 is 17.5 Å². The maximum atomic E-state index is 12.9. The van der Waals surface area contributed by atoms with Crippen LogP contribution in [0.5, 0.6) is 0 Å². The van der Waals surface area contributed by atoms with E-state index < -0.39 is 11.7 Å². The lowest BCUT2D eigenvalue weighted by atomic mass is 9.59. The molecule has 0 aromatic heterocycles. The minimum Gasteiger partial charge on any atom is -0.274 e. The summed E-state index contributed by atoms with van der Waals surface area (Å²) in [5, 5.41) is 0. The fraction of sp³-hybridized carbons (Fsp3) is 0.556. The first-order valence-electron chi connectivity index (χ1n) is 8.43. The van der Waals surface area contributed by atoms with Gasteiger partial charge >= 0.3 is 6.18 Å². The van der Waals surface area contributed by atoms with Crippen LogP contribution in [0.2, 0.25) is 0 Å². The Morgan fingerprint density at radius 2 is 1.33 bits per heavy atom. The number of fused-ring (bicyclic) bond motifs is 1. The standard InChI is InChI=1S/C18H16F3NO2/c19-18(20,21)8-1-3-9(4-2-8)22-16(23)14-10-5-6-11(13-7-12(10)13)15(14)17(22)24/h1-4,10-15H,5-7H2/t10-,11+,12+,13-,14-,15+. The molecule has 0 unspecified atom stereocenters. The van der Waals surface area contributed by atoms with Crippen LogP contribution in [-0.4, -0.2) is 11.8 Å². The molecule has 0 N–H and O–H groups in total. The molecule has 4 aliphatic carbocycles. The van der Waals surface area contributed by atoms with E-state index >= 15 is 0 Å². The topological polar surface area (TPSA) is 37.4 Å². The number of hydrogen-bond donors (Lipinski definition) is 0. The molecule has 2 amide bonds. The molecule has 1 saturated heterocycles. The third-order valence-electron chi connectivity index (χ3n) is 6.60. The number of hydrogen-bond acceptors (Lipinski definition) is 2. The highest BCUT2D eigenvalue weighted by atomic mass is 19.4. The van der Waals surface area contributed by atoms with Gasteiger partial charge in [-0.2, -0.15) is 13.2 Å². The van der Waals surface area contributed by atoms with Crippen LogP contribution >= 0.6 is 0 Å². The summed E-state index contributed by atoms with van der Waals surface area (Å²) in [5.41, 5.74) is -0.510. The van der Waals surface area contributed by atoms with Crippen molar-refractivity contribution in [2.75, 3.05) is 4.90 Å². The van der Waals surface area contributed by atoms with Crippen LogP contribution in [0, 0.1) is 35.5 Å². The van der Waals surface area contributed by atoms with E-state index in [-0.39, 0.29) is 29.3 Å². The zero-order chi connectivity index (χ0) is 16.8. The number of nitrogens with zero attached hydrogens (tertiary/aromatic N) is 1. The molecule has 3 nitrogen and oxygen atoms in total. The molecule has 1 heterocycles. The third-order valence-corrected chi connectivity index (χ3v) is 6.60. The van der Waals surface area contributed by atoms with Gasteiger partial charge in [-0.25, -0.2) is 0 Å². The molecular formula is C18H16F3NO2. The van der Waals surface area contributed by atoms with Gasteiger partial charge in [-0.3, -0.25) is 14.5 Å². The average molecular weight is 335 g/mol. The quantitative estimate of drug-likeness (QED) is 0.737. The first-order chi connectivity index (χ1) is 11.4. The monoisotopic (exact) mass is 335 g/mol. The molecule has 4 saturated carbocycles. The number of carbonyl (C=O) groups is 2. The van der Waals surface area contributed by atoms with E-state index in [0.717, 1.165) is 36.3 Å². The molecular weight excluding hydrogens is 319 g/mol. The van der Waals surface area contributed by atoms with Gasteiger partial charge < -0.3 is 0 Å². The summed E-state index contributed by atoms with van der Waals surface area (Å²) in [5.74, 6) is 0.865. The summed E-state index contributed by atoms with van der Waals surface area (Å²) in [6, 6.07) is 4.34. The van der Waals surface area contributed by atoms with Crippen LogP contribution in [0.25, 0.3) is 0 Å². The lowest BCUT2D eigenvalue weighted by molar-refractivity contribution is -0.137. The Labute approximate surface area is 136 Å². The van der Waals surface area contributed by atoms with E-state index in [0.29, 0.717) is 23.7 Å². The number of benzene rings is 1.